The maximum absolute atomic E-state index is 11.6. The Balaban J connectivity index is 0.000000550. The molecule has 1 aliphatic carbocycles. The van der Waals surface area contributed by atoms with E-state index in [1.165, 1.54) is 154 Å². The number of hydrogen-bond donors (Lipinski definition) is 2. The van der Waals surface area contributed by atoms with E-state index in [0.717, 1.165) is 43.7 Å². The van der Waals surface area contributed by atoms with E-state index < -0.39 is 30.8 Å². The molecule has 8 aromatic carbocycles. The van der Waals surface area contributed by atoms with Gasteiger partial charge in [-0.25, -0.2) is 0 Å². The van der Waals surface area contributed by atoms with Crippen molar-refractivity contribution in [2.75, 3.05) is 47.5 Å². The number of nitrogens with zero attached hydrogens (tertiary/aromatic N) is 4. The van der Waals surface area contributed by atoms with Crippen molar-refractivity contribution in [2.45, 2.75) is 306 Å². The van der Waals surface area contributed by atoms with E-state index in [9.17, 15) is 25.9 Å². The molecule has 0 aromatic heterocycles. The average molecular weight is 1780 g/mol. The molecule has 126 heavy (non-hydrogen) atoms. The fraction of sp³-hybridized carbons (Fsp3) is 0.491. The summed E-state index contributed by atoms with van der Waals surface area (Å²) in [4.78, 5) is 4.96. The Hall–Kier alpha value is -8.64. The minimum Gasteiger partial charge on any atom is -0.344 e. The van der Waals surface area contributed by atoms with Gasteiger partial charge in [-0.05, 0) is 204 Å². The maximum atomic E-state index is 11.6. The molecule has 0 saturated carbocycles. The molecule has 0 saturated heterocycles. The molecular formula is C110H162N4O9S3+2. The zero-order valence-corrected chi connectivity index (χ0v) is 85.6. The summed E-state index contributed by atoms with van der Waals surface area (Å²) in [5.74, 6) is 0.193. The lowest BCUT2D eigenvalue weighted by molar-refractivity contribution is -0.438. The van der Waals surface area contributed by atoms with Crippen molar-refractivity contribution in [3.05, 3.63) is 250 Å². The molecule has 16 heteroatoms. The van der Waals surface area contributed by atoms with Gasteiger partial charge in [-0.2, -0.15) is 26.0 Å². The van der Waals surface area contributed by atoms with Crippen LogP contribution in [0.15, 0.2) is 228 Å². The van der Waals surface area contributed by atoms with Crippen LogP contribution < -0.4 is 9.80 Å². The van der Waals surface area contributed by atoms with Crippen molar-refractivity contribution in [1.29, 1.82) is 0 Å². The first kappa shape index (κ1) is 112. The molecule has 0 bridgehead atoms. The van der Waals surface area contributed by atoms with Crippen molar-refractivity contribution in [3.63, 3.8) is 0 Å². The van der Waals surface area contributed by atoms with Gasteiger partial charge in [0.25, 0.3) is 20.2 Å². The van der Waals surface area contributed by atoms with Crippen molar-refractivity contribution >= 4 is 108 Å². The van der Waals surface area contributed by atoms with Gasteiger partial charge in [-0.3, -0.25) is 9.11 Å². The molecule has 0 atom stereocenters. The molecule has 8 aromatic rings. The molecule has 4 aliphatic heterocycles. The third kappa shape index (κ3) is 27.5. The van der Waals surface area contributed by atoms with Gasteiger partial charge in [0.1, 0.15) is 13.1 Å². The van der Waals surface area contributed by atoms with E-state index in [4.69, 9.17) is 12.6 Å². The third-order valence-electron chi connectivity index (χ3n) is 23.4. The zero-order chi connectivity index (χ0) is 95.3. The first-order valence-corrected chi connectivity index (χ1v) is 52.0. The summed E-state index contributed by atoms with van der Waals surface area (Å²) in [6.07, 6.45) is 30.0. The highest BCUT2D eigenvalue weighted by molar-refractivity contribution is 7.86. The maximum Gasteiger partial charge on any atom is 0.425 e. The Morgan fingerprint density at radius 2 is 0.778 bits per heavy atom. The van der Waals surface area contributed by atoms with Crippen LogP contribution in [-0.2, 0) is 52.5 Å². The smallest absolute Gasteiger partial charge is 0.344 e. The van der Waals surface area contributed by atoms with E-state index in [2.05, 4.69) is 310 Å². The van der Waals surface area contributed by atoms with Crippen LogP contribution in [0.25, 0.3) is 43.1 Å². The van der Waals surface area contributed by atoms with Gasteiger partial charge in [0.15, 0.2) is 11.4 Å². The van der Waals surface area contributed by atoms with Gasteiger partial charge >= 0.3 is 10.6 Å². The van der Waals surface area contributed by atoms with Crippen LogP contribution in [0.5, 0.6) is 0 Å². The fourth-order valence-corrected chi connectivity index (χ4v) is 19.4. The molecule has 4 heterocycles. The number of anilines is 2. The minimum absolute atomic E-state index is 0.0901. The first-order valence-electron chi connectivity index (χ1n) is 47.8. The monoisotopic (exact) mass is 1780 g/mol. The molecule has 2 N–H and O–H groups in total. The van der Waals surface area contributed by atoms with Gasteiger partial charge in [-0.15, -0.1) is 12.6 Å². The fourth-order valence-electron chi connectivity index (χ4n) is 18.2. The standard InChI is InChI=1S/C49H58N2O6S2.C45H55N2.8C2H6.O3S/c1-34(2)45-37(24-28-43-48(3,4)46-39-20-9-7-16-35(39)22-26-41(46)50(43)30-11-13-32-58(52,53)54)18-15-19-38(45)25-29-44-49(5,6)47-40-21-10-8-17-36(40)23-27-42(47)51(44)31-12-14-33-59(55,56)57;1-9-11-17-31-47-39-27-23-35-19-14-16-21-37(35)43(39)45(7,8)41(47)29-25-33(32(3)4)24-28-40-44(5,6)42-36-20-15-13-18-34(36)22-26-38(42)46(40)30-12-10-2;8*1-2;1-4(2)3/h7-10,16-17,20-29,34H,11-15,18-19,30-33H2,1-6H3,(H-,52,53,54,55,56,57);13-16,18-29,32H,9-12,17,30-31H2,1-8H3;8*1-2H3;/q;+1;;;;;;;;;/p+1. The number of fused-ring (bicyclic) bond motifs is 12. The summed E-state index contributed by atoms with van der Waals surface area (Å²) in [6, 6.07) is 52.9. The molecule has 0 spiro atoms. The number of benzene rings is 8. The van der Waals surface area contributed by atoms with Gasteiger partial charge in [-0.1, -0.05) is 326 Å². The van der Waals surface area contributed by atoms with Crippen molar-refractivity contribution in [1.82, 2.24) is 0 Å². The molecule has 0 radical (unpaired) electrons. The quantitative estimate of drug-likeness (QED) is 0.0241. The third-order valence-corrected chi connectivity index (χ3v) is 25.0. The Kier molecular flexibility index (Phi) is 47.2. The lowest BCUT2D eigenvalue weighted by Gasteiger charge is -2.28. The Labute approximate surface area is 766 Å². The normalized spacial score (nSPS) is 16.4. The summed E-state index contributed by atoms with van der Waals surface area (Å²) in [5, 5.41) is 10.2. The molecule has 13 rings (SSSR count). The topological polar surface area (TPSA) is 172 Å². The van der Waals surface area contributed by atoms with Gasteiger partial charge in [0, 0.05) is 94.9 Å². The second-order valence-electron chi connectivity index (χ2n) is 33.1. The van der Waals surface area contributed by atoms with E-state index in [-0.39, 0.29) is 39.1 Å². The Morgan fingerprint density at radius 3 is 1.17 bits per heavy atom. The van der Waals surface area contributed by atoms with Gasteiger partial charge in [0.2, 0.25) is 11.4 Å². The van der Waals surface area contributed by atoms with Crippen molar-refractivity contribution in [2.24, 2.45) is 11.8 Å². The number of hydrogen-bond acceptors (Lipinski definition) is 9. The zero-order valence-electron chi connectivity index (χ0n) is 83.1. The second-order valence-corrected chi connectivity index (χ2v) is 36.6. The predicted molar refractivity (Wildman–Crippen MR) is 550 cm³/mol. The number of rotatable bonds is 25. The van der Waals surface area contributed by atoms with E-state index in [1.807, 2.05) is 111 Å². The highest BCUT2D eigenvalue weighted by atomic mass is 32.2. The van der Waals surface area contributed by atoms with Crippen LogP contribution >= 0.6 is 0 Å². The largest absolute Gasteiger partial charge is 0.425 e. The minimum atomic E-state index is -4.03. The Bertz CT molecular complexity index is 5510. The highest BCUT2D eigenvalue weighted by Gasteiger charge is 2.48. The molecule has 0 fully saturated rings. The second kappa shape index (κ2) is 53.4. The summed E-state index contributed by atoms with van der Waals surface area (Å²) < 4.78 is 95.4. The Morgan fingerprint density at radius 1 is 0.421 bits per heavy atom. The van der Waals surface area contributed by atoms with E-state index in [1.54, 1.807) is 0 Å². The van der Waals surface area contributed by atoms with Crippen molar-refractivity contribution in [3.8, 4) is 0 Å². The molecular weight excluding hydrogens is 1620 g/mol. The van der Waals surface area contributed by atoms with Crippen LogP contribution in [0.2, 0.25) is 0 Å². The van der Waals surface area contributed by atoms with Crippen LogP contribution in [0.4, 0.5) is 22.7 Å². The first-order chi connectivity index (χ1) is 60.2. The SMILES string of the molecule is CC.CC.CC.CC.CC.CC.CC.CC.CC(C)C1=C(/C=C/C2=[N+](CCCCS(=O)(=O)O)c3ccc4ccccc4c3C2(C)C)CCC/C1=C\C=C1\N(CCCCS(=O)(=O)O)c2ccc3ccccc3c2C1(C)C.CCCCC[N+]1=C(/C=C/C(=C/C=C2/N(CCCC)c3ccc4ccccc4c3C2(C)C)C(C)C)C(C)(C)c2c1ccc1ccccc21.O=S(=O)=O. The highest BCUT2D eigenvalue weighted by Crippen LogP contribution is 2.54. The van der Waals surface area contributed by atoms with Gasteiger partial charge < -0.3 is 9.80 Å². The van der Waals surface area contributed by atoms with E-state index in [0.29, 0.717) is 44.7 Å². The van der Waals surface area contributed by atoms with Crippen LogP contribution in [0, 0.1) is 11.8 Å². The summed E-state index contributed by atoms with van der Waals surface area (Å²) in [6.45, 7) is 68.0. The average Bonchev–Trinajstić information content (AvgIpc) is 1.59. The molecule has 0 unspecified atom stereocenters. The van der Waals surface area contributed by atoms with Crippen LogP contribution in [0.3, 0.4) is 0 Å². The summed E-state index contributed by atoms with van der Waals surface area (Å²) in [5.41, 5.74) is 20.2. The van der Waals surface area contributed by atoms with E-state index >= 15 is 0 Å². The molecule has 13 nitrogen and oxygen atoms in total. The van der Waals surface area contributed by atoms with Gasteiger partial charge in [0.05, 0.1) is 22.3 Å². The van der Waals surface area contributed by atoms with Crippen LogP contribution in [-0.4, -0.2) is 96.8 Å². The lowest BCUT2D eigenvalue weighted by atomic mass is 9.77. The lowest BCUT2D eigenvalue weighted by Crippen LogP contribution is -2.28. The number of allylic oxidation sites excluding steroid dienone is 14. The molecule has 0 amide bonds. The summed E-state index contributed by atoms with van der Waals surface area (Å²) in [7, 11) is -11.2. The van der Waals surface area contributed by atoms with Crippen molar-refractivity contribution < 1.29 is 47.7 Å². The summed E-state index contributed by atoms with van der Waals surface area (Å²) >= 11 is 0. The predicted octanol–water partition coefficient (Wildman–Crippen LogP) is 30.4. The van der Waals surface area contributed by atoms with Crippen LogP contribution in [0.1, 0.15) is 307 Å². The molecule has 5 aliphatic rings. The number of unbranched alkanes of at least 4 members (excludes halogenated alkanes) is 5. The molecule has 692 valence electrons.